The maximum absolute atomic E-state index is 12.8. The van der Waals surface area contributed by atoms with Crippen molar-refractivity contribution in [3.05, 3.63) is 140 Å². The summed E-state index contributed by atoms with van der Waals surface area (Å²) in [5, 5.41) is 12.3. The number of alkyl halides is 1. The van der Waals surface area contributed by atoms with Crippen LogP contribution in [-0.2, 0) is 15.1 Å². The van der Waals surface area contributed by atoms with Crippen molar-refractivity contribution in [3.8, 4) is 11.5 Å². The first-order valence-corrected chi connectivity index (χ1v) is 16.3. The highest BCUT2D eigenvalue weighted by Crippen LogP contribution is 2.45. The fourth-order valence-corrected chi connectivity index (χ4v) is 6.16. The molecule has 10 heteroatoms. The molecule has 0 amide bonds. The summed E-state index contributed by atoms with van der Waals surface area (Å²) in [5.41, 5.74) is 0.718. The molecule has 46 heavy (non-hydrogen) atoms. The summed E-state index contributed by atoms with van der Waals surface area (Å²) in [5.74, 6) is 1.41. The summed E-state index contributed by atoms with van der Waals surface area (Å²) in [6.07, 6.45) is 3.70. The van der Waals surface area contributed by atoms with Crippen molar-refractivity contribution < 1.29 is 24.1 Å². The van der Waals surface area contributed by atoms with Crippen LogP contribution in [0, 0.1) is 6.92 Å². The van der Waals surface area contributed by atoms with E-state index in [0.717, 1.165) is 28.4 Å². The second-order valence-electron chi connectivity index (χ2n) is 11.2. The molecule has 0 unspecified atom stereocenters. The molecule has 1 aromatic heterocycles. The fraction of sp³-hybridized carbons (Fsp3) is 0.333. The number of aryl methyl sites for hydroxylation is 1. The summed E-state index contributed by atoms with van der Waals surface area (Å²) in [7, 11) is 3.25. The molecule has 1 saturated heterocycles. The van der Waals surface area contributed by atoms with Crippen LogP contribution in [-0.4, -0.2) is 52.5 Å². The monoisotopic (exact) mass is 690 g/mol. The lowest BCUT2D eigenvalue weighted by Crippen LogP contribution is -2.44. The predicted octanol–water partition coefficient (Wildman–Crippen LogP) is 5.62. The van der Waals surface area contributed by atoms with Crippen LogP contribution in [0.5, 0.6) is 11.5 Å². The lowest BCUT2D eigenvalue weighted by molar-refractivity contribution is -0.143. The zero-order chi connectivity index (χ0) is 32.7. The lowest BCUT2D eigenvalue weighted by Gasteiger charge is -2.41. The summed E-state index contributed by atoms with van der Waals surface area (Å²) < 4.78 is 26.1. The molecule has 1 aliphatic heterocycles. The van der Waals surface area contributed by atoms with Gasteiger partial charge in [0.05, 0.1) is 26.4 Å². The third-order valence-electron chi connectivity index (χ3n) is 8.27. The molecule has 0 bridgehead atoms. The van der Waals surface area contributed by atoms with Crippen LogP contribution in [0.3, 0.4) is 0 Å². The van der Waals surface area contributed by atoms with Crippen molar-refractivity contribution in [3.63, 3.8) is 0 Å². The van der Waals surface area contributed by atoms with E-state index in [4.69, 9.17) is 18.9 Å². The SMILES string of the molecule is COc1ccc(C(O[C@@H](C/C=C/CCBr)[C@H]2O[C@@H](n3cc(C)c(=O)[nH]c3=O)C[C@@H]2O)(c2ccccc2)c2ccc(OC)cc2)cc1. The Morgan fingerprint density at radius 2 is 1.54 bits per heavy atom. The van der Waals surface area contributed by atoms with Gasteiger partial charge >= 0.3 is 5.69 Å². The van der Waals surface area contributed by atoms with Gasteiger partial charge in [-0.2, -0.15) is 0 Å². The molecule has 9 nitrogen and oxygen atoms in total. The molecule has 0 saturated carbocycles. The van der Waals surface area contributed by atoms with Crippen molar-refractivity contribution in [1.29, 1.82) is 0 Å². The molecule has 4 atom stereocenters. The normalized spacial score (nSPS) is 18.9. The van der Waals surface area contributed by atoms with Crippen LogP contribution in [0.25, 0.3) is 0 Å². The van der Waals surface area contributed by atoms with Crippen LogP contribution in [0.1, 0.15) is 47.7 Å². The van der Waals surface area contributed by atoms with Gasteiger partial charge in [0.15, 0.2) is 0 Å². The Bertz CT molecular complexity index is 1670. The van der Waals surface area contributed by atoms with Crippen LogP contribution < -0.4 is 20.7 Å². The van der Waals surface area contributed by atoms with E-state index in [1.807, 2.05) is 84.9 Å². The number of nitrogens with one attached hydrogen (secondary N) is 1. The molecule has 0 radical (unpaired) electrons. The number of nitrogens with zero attached hydrogens (tertiary/aromatic N) is 1. The molecule has 5 rings (SSSR count). The van der Waals surface area contributed by atoms with E-state index in [9.17, 15) is 14.7 Å². The summed E-state index contributed by atoms with van der Waals surface area (Å²) >= 11 is 3.48. The second kappa shape index (κ2) is 15.1. The molecule has 2 N–H and O–H groups in total. The van der Waals surface area contributed by atoms with E-state index in [-0.39, 0.29) is 6.42 Å². The number of hydrogen-bond donors (Lipinski definition) is 2. The number of ether oxygens (including phenoxy) is 4. The fourth-order valence-electron chi connectivity index (χ4n) is 5.90. The van der Waals surface area contributed by atoms with Crippen molar-refractivity contribution >= 4 is 15.9 Å². The molecule has 242 valence electrons. The van der Waals surface area contributed by atoms with Gasteiger partial charge in [-0.05, 0) is 60.7 Å². The van der Waals surface area contributed by atoms with E-state index in [2.05, 4.69) is 27.0 Å². The lowest BCUT2D eigenvalue weighted by atomic mass is 9.79. The largest absolute Gasteiger partial charge is 0.497 e. The minimum absolute atomic E-state index is 0.143. The van der Waals surface area contributed by atoms with Gasteiger partial charge in [-0.1, -0.05) is 82.7 Å². The number of rotatable bonds is 13. The standard InChI is InChI=1S/C36H39BrN2O7/c1-24-23-39(35(42)38-34(24)41)32-22-30(40)33(45-32)31(12-8-5-9-21-37)46-36(25-10-6-4-7-11-25,26-13-17-28(43-2)18-14-26)27-15-19-29(44-3)20-16-27/h4-8,10-11,13-20,23,30-33,40H,9,12,21-22H2,1-3H3,(H,38,41,42)/b8-5+/t30-,31-,32+,33-/m0/s1. The molecule has 4 aromatic rings. The summed E-state index contributed by atoms with van der Waals surface area (Å²) in [6.45, 7) is 1.62. The van der Waals surface area contributed by atoms with E-state index < -0.39 is 41.4 Å². The van der Waals surface area contributed by atoms with Gasteiger partial charge in [0.2, 0.25) is 0 Å². The number of H-pyrrole nitrogens is 1. The van der Waals surface area contributed by atoms with Crippen LogP contribution in [0.2, 0.25) is 0 Å². The molecule has 1 fully saturated rings. The number of aromatic nitrogens is 2. The quantitative estimate of drug-likeness (QED) is 0.106. The Kier molecular flexibility index (Phi) is 11.0. The van der Waals surface area contributed by atoms with E-state index in [1.54, 1.807) is 21.1 Å². The number of methoxy groups -OCH3 is 2. The van der Waals surface area contributed by atoms with E-state index >= 15 is 0 Å². The highest BCUT2D eigenvalue weighted by molar-refractivity contribution is 9.09. The van der Waals surface area contributed by atoms with Gasteiger partial charge in [0, 0.05) is 23.5 Å². The predicted molar refractivity (Wildman–Crippen MR) is 180 cm³/mol. The highest BCUT2D eigenvalue weighted by Gasteiger charge is 2.46. The Balaban J connectivity index is 1.65. The van der Waals surface area contributed by atoms with Gasteiger partial charge in [0.1, 0.15) is 29.4 Å². The first-order valence-electron chi connectivity index (χ1n) is 15.2. The average molecular weight is 692 g/mol. The first kappa shape index (κ1) is 33.4. The van der Waals surface area contributed by atoms with Crippen molar-refractivity contribution in [2.45, 2.75) is 56.3 Å². The minimum atomic E-state index is -1.15. The number of aromatic amines is 1. The van der Waals surface area contributed by atoms with Crippen molar-refractivity contribution in [2.24, 2.45) is 0 Å². The topological polar surface area (TPSA) is 112 Å². The third kappa shape index (κ3) is 7.05. The molecule has 2 heterocycles. The molecule has 0 aliphatic carbocycles. The van der Waals surface area contributed by atoms with Crippen molar-refractivity contribution in [1.82, 2.24) is 9.55 Å². The molecular formula is C36H39BrN2O7. The highest BCUT2D eigenvalue weighted by atomic mass is 79.9. The Morgan fingerprint density at radius 3 is 2.11 bits per heavy atom. The third-order valence-corrected chi connectivity index (χ3v) is 8.73. The maximum Gasteiger partial charge on any atom is 0.330 e. The average Bonchev–Trinajstić information content (AvgIpc) is 3.47. The van der Waals surface area contributed by atoms with Gasteiger partial charge in [0.25, 0.3) is 5.56 Å². The number of aliphatic hydroxyl groups excluding tert-OH is 1. The Labute approximate surface area is 276 Å². The maximum atomic E-state index is 12.8. The Morgan fingerprint density at radius 1 is 0.957 bits per heavy atom. The molecular weight excluding hydrogens is 652 g/mol. The second-order valence-corrected chi connectivity index (χ2v) is 12.0. The summed E-state index contributed by atoms with van der Waals surface area (Å²) in [4.78, 5) is 27.2. The number of allylic oxidation sites excluding steroid dienone is 1. The Hall–Kier alpha value is -3.96. The number of hydrogen-bond acceptors (Lipinski definition) is 7. The van der Waals surface area contributed by atoms with Gasteiger partial charge in [-0.3, -0.25) is 14.3 Å². The number of benzene rings is 3. The van der Waals surface area contributed by atoms with Crippen molar-refractivity contribution in [2.75, 3.05) is 19.5 Å². The van der Waals surface area contributed by atoms with Crippen LogP contribution in [0.15, 0.2) is 107 Å². The van der Waals surface area contributed by atoms with E-state index in [1.165, 1.54) is 10.8 Å². The van der Waals surface area contributed by atoms with Crippen LogP contribution in [0.4, 0.5) is 0 Å². The molecule has 3 aromatic carbocycles. The van der Waals surface area contributed by atoms with Gasteiger partial charge in [-0.25, -0.2) is 4.79 Å². The summed E-state index contributed by atoms with van der Waals surface area (Å²) in [6, 6.07) is 25.4. The van der Waals surface area contributed by atoms with E-state index in [0.29, 0.717) is 23.5 Å². The molecule has 0 spiro atoms. The van der Waals surface area contributed by atoms with Crippen LogP contribution >= 0.6 is 15.9 Å². The number of halogens is 1. The zero-order valence-corrected chi connectivity index (χ0v) is 27.7. The smallest absolute Gasteiger partial charge is 0.330 e. The van der Waals surface area contributed by atoms with Gasteiger partial charge < -0.3 is 24.1 Å². The molecule has 1 aliphatic rings. The first-order chi connectivity index (χ1) is 22.3. The number of aliphatic hydroxyl groups is 1. The van der Waals surface area contributed by atoms with Gasteiger partial charge in [-0.15, -0.1) is 0 Å². The minimum Gasteiger partial charge on any atom is -0.497 e. The zero-order valence-electron chi connectivity index (χ0n) is 26.1.